The van der Waals surface area contributed by atoms with Crippen molar-refractivity contribution in [1.29, 1.82) is 0 Å². The minimum absolute atomic E-state index is 0.0681. The van der Waals surface area contributed by atoms with Gasteiger partial charge in [-0.25, -0.2) is 4.98 Å². The number of hydrogen-bond donors (Lipinski definition) is 2. The van der Waals surface area contributed by atoms with E-state index in [1.165, 1.54) is 17.9 Å². The van der Waals surface area contributed by atoms with Gasteiger partial charge in [-0.3, -0.25) is 4.68 Å². The van der Waals surface area contributed by atoms with Crippen molar-refractivity contribution in [3.05, 3.63) is 23.7 Å². The minimum Gasteiger partial charge on any atom is -0.372 e. The predicted octanol–water partition coefficient (Wildman–Crippen LogP) is 3.59. The monoisotopic (exact) mass is 380 g/mol. The van der Waals surface area contributed by atoms with Gasteiger partial charge in [0.25, 0.3) is 0 Å². The van der Waals surface area contributed by atoms with Gasteiger partial charge in [0.05, 0.1) is 24.0 Å². The molecule has 0 saturated heterocycles. The first-order valence-corrected chi connectivity index (χ1v) is 7.46. The maximum atomic E-state index is 12.9. The number of aryl methyl sites for hydroxylation is 1. The van der Waals surface area contributed by atoms with Gasteiger partial charge in [0.15, 0.2) is 0 Å². The van der Waals surface area contributed by atoms with Gasteiger partial charge in [-0.15, -0.1) is 0 Å². The average molecular weight is 380 g/mol. The van der Waals surface area contributed by atoms with Crippen molar-refractivity contribution in [2.75, 3.05) is 24.3 Å². The molecule has 2 aromatic rings. The quantitative estimate of drug-likeness (QED) is 0.715. The highest BCUT2D eigenvalue weighted by molar-refractivity contribution is 5.57. The molecule has 0 aliphatic carbocycles. The standard InChI is InChI=1S/C14H17F5N6O/c1-7(6-26-12(15)16)25-5-10(8(2)24-25)22-13-21-4-9(14(17,18)19)11(20-3)23-13/h4-5,7,12H,6H2,1-3H3,(H2,20,21,22,23). The lowest BCUT2D eigenvalue weighted by Gasteiger charge is -2.13. The molecule has 144 valence electrons. The largest absolute Gasteiger partial charge is 0.421 e. The van der Waals surface area contributed by atoms with Gasteiger partial charge < -0.3 is 15.4 Å². The topological polar surface area (TPSA) is 76.9 Å². The Bertz CT molecular complexity index is 748. The molecule has 0 saturated carbocycles. The first-order valence-electron chi connectivity index (χ1n) is 7.46. The molecule has 2 aromatic heterocycles. The third kappa shape index (κ3) is 4.77. The van der Waals surface area contributed by atoms with E-state index in [1.54, 1.807) is 13.8 Å². The maximum absolute atomic E-state index is 12.9. The van der Waals surface area contributed by atoms with Gasteiger partial charge in [-0.1, -0.05) is 0 Å². The van der Waals surface area contributed by atoms with E-state index in [1.807, 2.05) is 0 Å². The molecule has 0 radical (unpaired) electrons. The van der Waals surface area contributed by atoms with Crippen LogP contribution in [0, 0.1) is 6.92 Å². The van der Waals surface area contributed by atoms with Crippen molar-refractivity contribution in [3.8, 4) is 0 Å². The van der Waals surface area contributed by atoms with Crippen LogP contribution in [-0.2, 0) is 10.9 Å². The lowest BCUT2D eigenvalue weighted by atomic mass is 10.3. The summed E-state index contributed by atoms with van der Waals surface area (Å²) in [5, 5.41) is 9.30. The van der Waals surface area contributed by atoms with Crippen LogP contribution in [0.2, 0.25) is 0 Å². The summed E-state index contributed by atoms with van der Waals surface area (Å²) in [4.78, 5) is 7.45. The second-order valence-electron chi connectivity index (χ2n) is 5.38. The van der Waals surface area contributed by atoms with Crippen LogP contribution in [0.25, 0.3) is 0 Å². The molecule has 0 spiro atoms. The highest BCUT2D eigenvalue weighted by Crippen LogP contribution is 2.34. The van der Waals surface area contributed by atoms with E-state index < -0.39 is 24.4 Å². The molecule has 0 aromatic carbocycles. The highest BCUT2D eigenvalue weighted by Gasteiger charge is 2.35. The third-order valence-electron chi connectivity index (χ3n) is 3.41. The zero-order valence-corrected chi connectivity index (χ0v) is 14.1. The molecule has 0 aliphatic rings. The number of ether oxygens (including phenoxy) is 1. The van der Waals surface area contributed by atoms with Crippen molar-refractivity contribution in [3.63, 3.8) is 0 Å². The van der Waals surface area contributed by atoms with E-state index in [4.69, 9.17) is 0 Å². The molecular formula is C14H17F5N6O. The van der Waals surface area contributed by atoms with Gasteiger partial charge in [-0.05, 0) is 13.8 Å². The normalized spacial score (nSPS) is 13.1. The van der Waals surface area contributed by atoms with E-state index in [9.17, 15) is 22.0 Å². The number of nitrogens with one attached hydrogen (secondary N) is 2. The fourth-order valence-corrected chi connectivity index (χ4v) is 2.08. The number of alkyl halides is 5. The van der Waals surface area contributed by atoms with Crippen LogP contribution in [0.4, 0.5) is 39.4 Å². The van der Waals surface area contributed by atoms with Crippen LogP contribution >= 0.6 is 0 Å². The fourth-order valence-electron chi connectivity index (χ4n) is 2.08. The molecule has 2 N–H and O–H groups in total. The van der Waals surface area contributed by atoms with Crippen LogP contribution in [0.1, 0.15) is 24.2 Å². The second-order valence-corrected chi connectivity index (χ2v) is 5.38. The molecular weight excluding hydrogens is 363 g/mol. The Kier molecular flexibility index (Phi) is 5.95. The van der Waals surface area contributed by atoms with Crippen LogP contribution in [0.3, 0.4) is 0 Å². The van der Waals surface area contributed by atoms with Gasteiger partial charge in [0.1, 0.15) is 11.4 Å². The van der Waals surface area contributed by atoms with E-state index >= 15 is 0 Å². The maximum Gasteiger partial charge on any atom is 0.421 e. The molecule has 1 unspecified atom stereocenters. The molecule has 0 bridgehead atoms. The molecule has 26 heavy (non-hydrogen) atoms. The van der Waals surface area contributed by atoms with Crippen LogP contribution in [0.15, 0.2) is 12.4 Å². The molecule has 7 nitrogen and oxygen atoms in total. The summed E-state index contributed by atoms with van der Waals surface area (Å²) in [6.45, 7) is 0.139. The highest BCUT2D eigenvalue weighted by atomic mass is 19.4. The van der Waals surface area contributed by atoms with Crippen LogP contribution in [-0.4, -0.2) is 40.0 Å². The Balaban J connectivity index is 2.18. The Morgan fingerprint density at radius 3 is 2.58 bits per heavy atom. The van der Waals surface area contributed by atoms with E-state index in [0.29, 0.717) is 17.6 Å². The molecule has 2 rings (SSSR count). The SMILES string of the molecule is CNc1nc(Nc2cn(C(C)COC(F)F)nc2C)ncc1C(F)(F)F. The van der Waals surface area contributed by atoms with E-state index in [-0.39, 0.29) is 18.4 Å². The minimum atomic E-state index is -4.59. The van der Waals surface area contributed by atoms with Gasteiger partial charge in [0, 0.05) is 19.4 Å². The number of anilines is 3. The summed E-state index contributed by atoms with van der Waals surface area (Å²) >= 11 is 0. The van der Waals surface area contributed by atoms with Crippen LogP contribution < -0.4 is 10.6 Å². The Morgan fingerprint density at radius 2 is 2.00 bits per heavy atom. The van der Waals surface area contributed by atoms with Gasteiger partial charge in [-0.2, -0.15) is 32.0 Å². The molecule has 0 amide bonds. The summed E-state index contributed by atoms with van der Waals surface area (Å²) in [5.74, 6) is -0.444. The lowest BCUT2D eigenvalue weighted by Crippen LogP contribution is -2.15. The first-order chi connectivity index (χ1) is 12.1. The molecule has 0 aliphatic heterocycles. The molecule has 2 heterocycles. The lowest BCUT2D eigenvalue weighted by molar-refractivity contribution is -0.137. The van der Waals surface area contributed by atoms with Crippen molar-refractivity contribution >= 4 is 17.5 Å². The molecule has 1 atom stereocenters. The molecule has 12 heteroatoms. The zero-order chi connectivity index (χ0) is 19.5. The van der Waals surface area contributed by atoms with E-state index in [0.717, 1.165) is 0 Å². The van der Waals surface area contributed by atoms with Crippen molar-refractivity contribution in [2.45, 2.75) is 32.7 Å². The summed E-state index contributed by atoms with van der Waals surface area (Å²) in [6.07, 6.45) is -2.41. The number of aromatic nitrogens is 4. The van der Waals surface area contributed by atoms with Gasteiger partial charge >= 0.3 is 12.8 Å². The zero-order valence-electron chi connectivity index (χ0n) is 14.1. The second kappa shape index (κ2) is 7.81. The average Bonchev–Trinajstić information content (AvgIpc) is 2.92. The number of hydrogen-bond acceptors (Lipinski definition) is 6. The van der Waals surface area contributed by atoms with Crippen molar-refractivity contribution < 1.29 is 26.7 Å². The van der Waals surface area contributed by atoms with Crippen molar-refractivity contribution in [2.24, 2.45) is 0 Å². The number of nitrogens with zero attached hydrogens (tertiary/aromatic N) is 4. The summed E-state index contributed by atoms with van der Waals surface area (Å²) < 4.78 is 68.4. The van der Waals surface area contributed by atoms with Crippen molar-refractivity contribution in [1.82, 2.24) is 19.7 Å². The number of halogens is 5. The molecule has 0 fully saturated rings. The Hall–Kier alpha value is -2.50. The van der Waals surface area contributed by atoms with E-state index in [2.05, 4.69) is 30.4 Å². The predicted molar refractivity (Wildman–Crippen MR) is 83.5 cm³/mol. The smallest absolute Gasteiger partial charge is 0.372 e. The van der Waals surface area contributed by atoms with Gasteiger partial charge in [0.2, 0.25) is 5.95 Å². The fraction of sp³-hybridized carbons (Fsp3) is 0.500. The third-order valence-corrected chi connectivity index (χ3v) is 3.41. The Labute approximate surface area is 145 Å². The summed E-state index contributed by atoms with van der Waals surface area (Å²) in [6, 6.07) is -0.473. The summed E-state index contributed by atoms with van der Waals surface area (Å²) in [5.41, 5.74) is -0.0742. The number of rotatable bonds is 7. The van der Waals surface area contributed by atoms with Crippen LogP contribution in [0.5, 0.6) is 0 Å². The Morgan fingerprint density at radius 1 is 1.31 bits per heavy atom. The summed E-state index contributed by atoms with van der Waals surface area (Å²) in [7, 11) is 1.31. The first kappa shape index (κ1) is 19.8.